The van der Waals surface area contributed by atoms with Crippen LogP contribution in [0.15, 0.2) is 75.9 Å². The molecule has 0 N–H and O–H groups in total. The van der Waals surface area contributed by atoms with Gasteiger partial charge in [0.1, 0.15) is 5.65 Å². The van der Waals surface area contributed by atoms with Crippen LogP contribution in [0.4, 0.5) is 0 Å². The molecule has 0 saturated carbocycles. The van der Waals surface area contributed by atoms with Crippen LogP contribution in [0.3, 0.4) is 0 Å². The molecule has 3 aromatic heterocycles. The fourth-order valence-electron chi connectivity index (χ4n) is 4.08. The highest BCUT2D eigenvalue weighted by Gasteiger charge is 2.18. The van der Waals surface area contributed by atoms with E-state index in [0.717, 1.165) is 43.9 Å². The highest BCUT2D eigenvalue weighted by molar-refractivity contribution is 6.20. The van der Waals surface area contributed by atoms with Gasteiger partial charge >= 0.3 is 5.63 Å². The molecule has 6 aromatic rings. The second kappa shape index (κ2) is 4.95. The Bertz CT molecular complexity index is 1610. The molecule has 0 fully saturated rings. The maximum absolute atomic E-state index is 12.6. The molecule has 3 heterocycles. The molecule has 0 atom stereocenters. The van der Waals surface area contributed by atoms with Crippen molar-refractivity contribution in [2.75, 3.05) is 0 Å². The molecule has 3 aromatic carbocycles. The molecule has 0 amide bonds. The molecule has 0 aliphatic rings. The van der Waals surface area contributed by atoms with Gasteiger partial charge in [-0.2, -0.15) is 0 Å². The van der Waals surface area contributed by atoms with Crippen LogP contribution in [0.2, 0.25) is 0 Å². The van der Waals surface area contributed by atoms with Crippen LogP contribution >= 0.6 is 0 Å². The number of para-hydroxylation sites is 2. The van der Waals surface area contributed by atoms with Crippen molar-refractivity contribution >= 4 is 49.3 Å². The third kappa shape index (κ3) is 1.82. The number of fused-ring (bicyclic) bond motifs is 10. The van der Waals surface area contributed by atoms with Crippen molar-refractivity contribution in [1.29, 1.82) is 0 Å². The van der Waals surface area contributed by atoms with Crippen LogP contribution < -0.4 is 5.63 Å². The molecule has 0 saturated heterocycles. The summed E-state index contributed by atoms with van der Waals surface area (Å²) in [6, 6.07) is 21.9. The lowest BCUT2D eigenvalue weighted by Crippen LogP contribution is -2.02. The summed E-state index contributed by atoms with van der Waals surface area (Å²) in [5.74, 6) is 0. The first-order valence-corrected chi connectivity index (χ1v) is 8.87. The Morgan fingerprint density at radius 2 is 1.63 bits per heavy atom. The normalized spacial score (nSPS) is 12.0. The van der Waals surface area contributed by atoms with Crippen molar-refractivity contribution in [3.63, 3.8) is 0 Å². The highest BCUT2D eigenvalue weighted by Crippen LogP contribution is 2.35. The second-order valence-corrected chi connectivity index (χ2v) is 6.92. The number of rotatable bonds is 0. The lowest BCUT2D eigenvalue weighted by molar-refractivity contribution is 0.573. The summed E-state index contributed by atoms with van der Waals surface area (Å²) < 4.78 is 8.00. The van der Waals surface area contributed by atoms with Crippen LogP contribution in [-0.4, -0.2) is 9.38 Å². The molecule has 128 valence electrons. The average Bonchev–Trinajstić information content (AvgIpc) is 3.07. The highest BCUT2D eigenvalue weighted by atomic mass is 16.4. The van der Waals surface area contributed by atoms with E-state index in [0.29, 0.717) is 11.0 Å². The van der Waals surface area contributed by atoms with Gasteiger partial charge in [-0.1, -0.05) is 42.0 Å². The number of aryl methyl sites for hydroxylation is 1. The largest absolute Gasteiger partial charge is 0.421 e. The topological polar surface area (TPSA) is 47.5 Å². The Kier molecular flexibility index (Phi) is 2.66. The zero-order valence-electron chi connectivity index (χ0n) is 14.6. The van der Waals surface area contributed by atoms with E-state index in [9.17, 15) is 4.79 Å². The molecule has 0 bridgehead atoms. The number of nitrogens with zero attached hydrogens (tertiary/aromatic N) is 2. The lowest BCUT2D eigenvalue weighted by Gasteiger charge is -2.10. The minimum atomic E-state index is -0.318. The Morgan fingerprint density at radius 1 is 0.852 bits per heavy atom. The molecule has 6 rings (SSSR count). The summed E-state index contributed by atoms with van der Waals surface area (Å²) in [6.07, 6.45) is 0. The van der Waals surface area contributed by atoms with Crippen LogP contribution in [0, 0.1) is 6.92 Å². The van der Waals surface area contributed by atoms with Crippen molar-refractivity contribution in [2.45, 2.75) is 6.92 Å². The van der Waals surface area contributed by atoms with Crippen LogP contribution in [-0.2, 0) is 0 Å². The predicted octanol–water partition coefficient (Wildman–Crippen LogP) is 5.21. The fourth-order valence-corrected chi connectivity index (χ4v) is 4.08. The van der Waals surface area contributed by atoms with Gasteiger partial charge in [0.25, 0.3) is 0 Å². The maximum Gasteiger partial charge on any atom is 0.344 e. The van der Waals surface area contributed by atoms with Gasteiger partial charge in [0.2, 0.25) is 0 Å². The van der Waals surface area contributed by atoms with Crippen molar-refractivity contribution < 1.29 is 4.42 Å². The van der Waals surface area contributed by atoms with Crippen molar-refractivity contribution in [3.05, 3.63) is 82.7 Å². The predicted molar refractivity (Wildman–Crippen MR) is 108 cm³/mol. The third-order valence-corrected chi connectivity index (χ3v) is 5.26. The van der Waals surface area contributed by atoms with Gasteiger partial charge in [0.15, 0.2) is 5.58 Å². The van der Waals surface area contributed by atoms with E-state index in [1.165, 1.54) is 0 Å². The van der Waals surface area contributed by atoms with Gasteiger partial charge in [-0.25, -0.2) is 9.78 Å². The summed E-state index contributed by atoms with van der Waals surface area (Å²) in [5, 5.41) is 3.24. The zero-order valence-corrected chi connectivity index (χ0v) is 14.6. The Hall–Kier alpha value is -3.66. The summed E-state index contributed by atoms with van der Waals surface area (Å²) in [5.41, 5.74) is 5.14. The molecule has 4 heteroatoms. The van der Waals surface area contributed by atoms with Crippen molar-refractivity contribution in [1.82, 2.24) is 9.38 Å². The molecule has 0 spiro atoms. The first kappa shape index (κ1) is 14.5. The number of hydrogen-bond donors (Lipinski definition) is 0. The number of benzene rings is 3. The number of imidazole rings is 1. The second-order valence-electron chi connectivity index (χ2n) is 6.92. The van der Waals surface area contributed by atoms with E-state index in [2.05, 4.69) is 28.7 Å². The minimum absolute atomic E-state index is 0.318. The summed E-state index contributed by atoms with van der Waals surface area (Å²) in [4.78, 5) is 17.5. The van der Waals surface area contributed by atoms with E-state index in [1.54, 1.807) is 6.07 Å². The third-order valence-electron chi connectivity index (χ3n) is 5.26. The first-order chi connectivity index (χ1) is 13.2. The monoisotopic (exact) mass is 350 g/mol. The zero-order chi connectivity index (χ0) is 18.1. The van der Waals surface area contributed by atoms with Gasteiger partial charge in [0.05, 0.1) is 27.3 Å². The van der Waals surface area contributed by atoms with Gasteiger partial charge in [-0.15, -0.1) is 0 Å². The summed E-state index contributed by atoms with van der Waals surface area (Å²) in [7, 11) is 0. The number of pyridine rings is 1. The van der Waals surface area contributed by atoms with Gasteiger partial charge < -0.3 is 4.42 Å². The molecule has 0 aliphatic heterocycles. The van der Waals surface area contributed by atoms with Crippen molar-refractivity contribution in [2.24, 2.45) is 0 Å². The Balaban J connectivity index is 2.09. The fraction of sp³-hybridized carbons (Fsp3) is 0.0435. The van der Waals surface area contributed by atoms with Gasteiger partial charge in [-0.3, -0.25) is 4.40 Å². The number of hydrogen-bond acceptors (Lipinski definition) is 3. The molecule has 0 radical (unpaired) electrons. The van der Waals surface area contributed by atoms with E-state index in [4.69, 9.17) is 9.40 Å². The van der Waals surface area contributed by atoms with Crippen LogP contribution in [0.25, 0.3) is 49.3 Å². The molecule has 4 nitrogen and oxygen atoms in total. The minimum Gasteiger partial charge on any atom is -0.421 e. The Morgan fingerprint density at radius 3 is 2.52 bits per heavy atom. The maximum atomic E-state index is 12.6. The first-order valence-electron chi connectivity index (χ1n) is 8.87. The molecular formula is C23H14N2O2. The lowest BCUT2D eigenvalue weighted by atomic mass is 10.0. The van der Waals surface area contributed by atoms with Crippen LogP contribution in [0.1, 0.15) is 5.56 Å². The molecule has 0 aliphatic carbocycles. The van der Waals surface area contributed by atoms with E-state index >= 15 is 0 Å². The van der Waals surface area contributed by atoms with Gasteiger partial charge in [-0.05, 0) is 37.3 Å². The summed E-state index contributed by atoms with van der Waals surface area (Å²) in [6.45, 7) is 2.04. The standard InChI is InChI=1S/C23H14N2O2/c1-13-10-11-18-16(12-13)21-20(14-6-2-3-7-15(14)23(26)27-21)22-24-17-8-4-5-9-19(17)25(18)22/h2-12H,1H3. The van der Waals surface area contributed by atoms with Crippen LogP contribution in [0.5, 0.6) is 0 Å². The van der Waals surface area contributed by atoms with Gasteiger partial charge in [0, 0.05) is 10.8 Å². The SMILES string of the molecule is Cc1ccc2c(c1)c1oc(=O)c3ccccc3c1c1nc3ccccc3n21. The smallest absolute Gasteiger partial charge is 0.344 e. The summed E-state index contributed by atoms with van der Waals surface area (Å²) >= 11 is 0. The Labute approximate surface area is 153 Å². The average molecular weight is 350 g/mol. The van der Waals surface area contributed by atoms with Crippen molar-refractivity contribution in [3.8, 4) is 0 Å². The quantitative estimate of drug-likeness (QED) is 0.353. The molecule has 0 unspecified atom stereocenters. The van der Waals surface area contributed by atoms with E-state index < -0.39 is 0 Å². The number of aromatic nitrogens is 2. The molecular weight excluding hydrogens is 336 g/mol. The van der Waals surface area contributed by atoms with E-state index in [-0.39, 0.29) is 5.63 Å². The molecule has 27 heavy (non-hydrogen) atoms. The van der Waals surface area contributed by atoms with E-state index in [1.807, 2.05) is 43.3 Å².